The molecule has 0 saturated heterocycles. The van der Waals surface area contributed by atoms with Crippen LogP contribution in [-0.2, 0) is 16.6 Å². The quantitative estimate of drug-likeness (QED) is 0.835. The fourth-order valence-electron chi connectivity index (χ4n) is 2.39. The number of hydrogen-bond acceptors (Lipinski definition) is 4. The Labute approximate surface area is 124 Å². The normalized spacial score (nSPS) is 14.1. The summed E-state index contributed by atoms with van der Waals surface area (Å²) in [6.45, 7) is 2.24. The molecular formula is C15H22N4O2. The standard InChI is InChI=1S/C15H22N4O2/c1-10(17-14(20)8-11(9-16)21-3)15-18-12-6-4-5-7-13(12)19(15)2/h4-7,10-11H,8-9,16H2,1-3H3,(H,17,20). The molecular weight excluding hydrogens is 268 g/mol. The van der Waals surface area contributed by atoms with Crippen LogP contribution in [0.2, 0.25) is 0 Å². The Bertz CT molecular complexity index is 619. The molecule has 0 aliphatic heterocycles. The molecule has 2 rings (SSSR count). The zero-order chi connectivity index (χ0) is 15.4. The lowest BCUT2D eigenvalue weighted by Crippen LogP contribution is -2.34. The fraction of sp³-hybridized carbons (Fsp3) is 0.467. The van der Waals surface area contributed by atoms with E-state index < -0.39 is 0 Å². The van der Waals surface area contributed by atoms with Gasteiger partial charge in [-0.2, -0.15) is 0 Å². The third-order valence-electron chi connectivity index (χ3n) is 3.60. The summed E-state index contributed by atoms with van der Waals surface area (Å²) in [5, 5.41) is 2.94. The van der Waals surface area contributed by atoms with Crippen LogP contribution in [0.4, 0.5) is 0 Å². The second-order valence-corrected chi connectivity index (χ2v) is 5.10. The summed E-state index contributed by atoms with van der Waals surface area (Å²) < 4.78 is 7.12. The number of methoxy groups -OCH3 is 1. The third-order valence-corrected chi connectivity index (χ3v) is 3.60. The second kappa shape index (κ2) is 6.69. The van der Waals surface area contributed by atoms with Gasteiger partial charge in [0.15, 0.2) is 0 Å². The summed E-state index contributed by atoms with van der Waals surface area (Å²) in [5.41, 5.74) is 7.50. The summed E-state index contributed by atoms with van der Waals surface area (Å²) in [6, 6.07) is 7.72. The van der Waals surface area contributed by atoms with Gasteiger partial charge < -0.3 is 20.4 Å². The van der Waals surface area contributed by atoms with E-state index in [1.807, 2.05) is 42.8 Å². The van der Waals surface area contributed by atoms with Gasteiger partial charge in [-0.1, -0.05) is 12.1 Å². The topological polar surface area (TPSA) is 82.2 Å². The van der Waals surface area contributed by atoms with Gasteiger partial charge in [0.05, 0.1) is 29.6 Å². The number of nitrogens with one attached hydrogen (secondary N) is 1. The molecule has 0 saturated carbocycles. The van der Waals surface area contributed by atoms with E-state index in [1.165, 1.54) is 0 Å². The second-order valence-electron chi connectivity index (χ2n) is 5.10. The highest BCUT2D eigenvalue weighted by Gasteiger charge is 2.18. The molecule has 1 aromatic carbocycles. The first kappa shape index (κ1) is 15.5. The maximum atomic E-state index is 12.0. The highest BCUT2D eigenvalue weighted by molar-refractivity contribution is 5.78. The number of benzene rings is 1. The molecule has 6 nitrogen and oxygen atoms in total. The first-order chi connectivity index (χ1) is 10.1. The van der Waals surface area contributed by atoms with Crippen molar-refractivity contribution in [1.29, 1.82) is 0 Å². The molecule has 3 N–H and O–H groups in total. The Morgan fingerprint density at radius 3 is 2.81 bits per heavy atom. The first-order valence-electron chi connectivity index (χ1n) is 7.00. The number of aryl methyl sites for hydroxylation is 1. The van der Waals surface area contributed by atoms with Crippen molar-refractivity contribution in [1.82, 2.24) is 14.9 Å². The zero-order valence-electron chi connectivity index (χ0n) is 12.7. The summed E-state index contributed by atoms with van der Waals surface area (Å²) in [4.78, 5) is 16.6. The van der Waals surface area contributed by atoms with Gasteiger partial charge >= 0.3 is 0 Å². The van der Waals surface area contributed by atoms with Crippen molar-refractivity contribution >= 4 is 16.9 Å². The lowest BCUT2D eigenvalue weighted by Gasteiger charge is -2.16. The molecule has 0 radical (unpaired) electrons. The number of amides is 1. The Morgan fingerprint density at radius 1 is 1.48 bits per heavy atom. The first-order valence-corrected chi connectivity index (χ1v) is 7.00. The van der Waals surface area contributed by atoms with Gasteiger partial charge in [0, 0.05) is 20.7 Å². The highest BCUT2D eigenvalue weighted by atomic mass is 16.5. The van der Waals surface area contributed by atoms with Gasteiger partial charge in [0.2, 0.25) is 5.91 Å². The Kier molecular flexibility index (Phi) is 4.93. The predicted molar refractivity (Wildman–Crippen MR) is 81.7 cm³/mol. The number of imidazole rings is 1. The number of carbonyl (C=O) groups is 1. The van der Waals surface area contributed by atoms with Crippen LogP contribution in [0.1, 0.15) is 25.2 Å². The van der Waals surface area contributed by atoms with Crippen molar-refractivity contribution in [3.05, 3.63) is 30.1 Å². The number of para-hydroxylation sites is 2. The molecule has 0 fully saturated rings. The Morgan fingerprint density at radius 2 is 2.19 bits per heavy atom. The summed E-state index contributed by atoms with van der Waals surface area (Å²) in [6.07, 6.45) is -0.000909. The van der Waals surface area contributed by atoms with Gasteiger partial charge in [-0.15, -0.1) is 0 Å². The van der Waals surface area contributed by atoms with E-state index in [0.717, 1.165) is 16.9 Å². The van der Waals surface area contributed by atoms with Gasteiger partial charge in [0.1, 0.15) is 5.82 Å². The number of rotatable bonds is 6. The van der Waals surface area contributed by atoms with Crippen molar-refractivity contribution in [3.8, 4) is 0 Å². The van der Waals surface area contributed by atoms with Crippen LogP contribution in [0.25, 0.3) is 11.0 Å². The number of aromatic nitrogens is 2. The van der Waals surface area contributed by atoms with Crippen molar-refractivity contribution < 1.29 is 9.53 Å². The summed E-state index contributed by atoms with van der Waals surface area (Å²) in [5.74, 6) is 0.734. The molecule has 2 unspecified atom stereocenters. The third kappa shape index (κ3) is 3.40. The average Bonchev–Trinajstić information content (AvgIpc) is 2.82. The van der Waals surface area contributed by atoms with Gasteiger partial charge in [-0.25, -0.2) is 4.98 Å². The van der Waals surface area contributed by atoms with Crippen molar-refractivity contribution in [2.45, 2.75) is 25.5 Å². The van der Waals surface area contributed by atoms with E-state index in [4.69, 9.17) is 10.5 Å². The average molecular weight is 290 g/mol. The Balaban J connectivity index is 2.10. The maximum Gasteiger partial charge on any atom is 0.223 e. The molecule has 6 heteroatoms. The molecule has 114 valence electrons. The molecule has 1 heterocycles. The molecule has 1 amide bonds. The molecule has 2 atom stereocenters. The maximum absolute atomic E-state index is 12.0. The largest absolute Gasteiger partial charge is 0.380 e. The van der Waals surface area contributed by atoms with Crippen LogP contribution in [0, 0.1) is 0 Å². The number of carbonyl (C=O) groups excluding carboxylic acids is 1. The van der Waals surface area contributed by atoms with Crippen LogP contribution in [0.3, 0.4) is 0 Å². The lowest BCUT2D eigenvalue weighted by molar-refractivity contribution is -0.124. The molecule has 21 heavy (non-hydrogen) atoms. The number of ether oxygens (including phenoxy) is 1. The van der Waals surface area contributed by atoms with Gasteiger partial charge in [-0.3, -0.25) is 4.79 Å². The van der Waals surface area contributed by atoms with E-state index >= 15 is 0 Å². The fourth-order valence-corrected chi connectivity index (χ4v) is 2.39. The highest BCUT2D eigenvalue weighted by Crippen LogP contribution is 2.19. The van der Waals surface area contributed by atoms with E-state index in [-0.39, 0.29) is 24.5 Å². The van der Waals surface area contributed by atoms with Crippen molar-refractivity contribution in [3.63, 3.8) is 0 Å². The zero-order valence-corrected chi connectivity index (χ0v) is 12.7. The van der Waals surface area contributed by atoms with E-state index in [9.17, 15) is 4.79 Å². The van der Waals surface area contributed by atoms with E-state index in [2.05, 4.69) is 10.3 Å². The van der Waals surface area contributed by atoms with E-state index in [0.29, 0.717) is 6.54 Å². The van der Waals surface area contributed by atoms with Gasteiger partial charge in [0.25, 0.3) is 0 Å². The number of nitrogens with two attached hydrogens (primary N) is 1. The molecule has 0 aliphatic rings. The SMILES string of the molecule is COC(CN)CC(=O)NC(C)c1nc2ccccc2n1C. The van der Waals surface area contributed by atoms with Crippen LogP contribution in [0.5, 0.6) is 0 Å². The van der Waals surface area contributed by atoms with Gasteiger partial charge in [-0.05, 0) is 19.1 Å². The van der Waals surface area contributed by atoms with Crippen molar-refractivity contribution in [2.24, 2.45) is 12.8 Å². The molecule has 1 aromatic heterocycles. The van der Waals surface area contributed by atoms with Crippen molar-refractivity contribution in [2.75, 3.05) is 13.7 Å². The minimum atomic E-state index is -0.252. The molecule has 0 bridgehead atoms. The van der Waals surface area contributed by atoms with Crippen LogP contribution >= 0.6 is 0 Å². The van der Waals surface area contributed by atoms with E-state index in [1.54, 1.807) is 7.11 Å². The minimum Gasteiger partial charge on any atom is -0.380 e. The summed E-state index contributed by atoms with van der Waals surface area (Å²) in [7, 11) is 3.50. The number of nitrogens with zero attached hydrogens (tertiary/aromatic N) is 2. The monoisotopic (exact) mass is 290 g/mol. The predicted octanol–water partition coefficient (Wildman–Crippen LogP) is 1.11. The number of hydrogen-bond donors (Lipinski definition) is 2. The minimum absolute atomic E-state index is 0.0909. The van der Waals surface area contributed by atoms with Crippen LogP contribution < -0.4 is 11.1 Å². The smallest absolute Gasteiger partial charge is 0.223 e. The van der Waals surface area contributed by atoms with Crippen LogP contribution in [0.15, 0.2) is 24.3 Å². The molecule has 2 aromatic rings. The Hall–Kier alpha value is -1.92. The molecule has 0 spiro atoms. The molecule has 0 aliphatic carbocycles. The summed E-state index contributed by atoms with van der Waals surface area (Å²) >= 11 is 0. The number of fused-ring (bicyclic) bond motifs is 1. The van der Waals surface area contributed by atoms with Crippen LogP contribution in [-0.4, -0.2) is 35.2 Å². The lowest BCUT2D eigenvalue weighted by atomic mass is 10.2.